The van der Waals surface area contributed by atoms with Gasteiger partial charge in [0, 0.05) is 25.0 Å². The summed E-state index contributed by atoms with van der Waals surface area (Å²) in [6, 6.07) is 15.1. The molecule has 134 valence electrons. The molecule has 0 radical (unpaired) electrons. The van der Waals surface area contributed by atoms with Crippen LogP contribution in [0.15, 0.2) is 67.0 Å². The van der Waals surface area contributed by atoms with Gasteiger partial charge in [-0.1, -0.05) is 23.5 Å². The fourth-order valence-electron chi connectivity index (χ4n) is 2.26. The van der Waals surface area contributed by atoms with Gasteiger partial charge >= 0.3 is 0 Å². The van der Waals surface area contributed by atoms with Crippen molar-refractivity contribution in [1.82, 2.24) is 20.2 Å². The van der Waals surface area contributed by atoms with E-state index in [1.807, 2.05) is 24.3 Å². The van der Waals surface area contributed by atoms with Gasteiger partial charge in [-0.05, 0) is 42.0 Å². The summed E-state index contributed by atoms with van der Waals surface area (Å²) in [5, 5.41) is 13.0. The molecular formula is C19H14FN5OS. The van der Waals surface area contributed by atoms with Crippen LogP contribution in [0.25, 0.3) is 10.7 Å². The topological polar surface area (TPSA) is 72.8 Å². The largest absolute Gasteiger partial charge is 0.439 e. The maximum Gasteiger partial charge on any atom is 0.219 e. The standard InChI is InChI=1S/C19H14FN5OS/c20-14-5-7-15(8-6-14)26-17-9-4-13(11-22-17)12-23-19-25-24-18(27-19)16-3-1-2-10-21-16/h1-11H,12H2,(H,23,25). The number of ether oxygens (including phenoxy) is 1. The molecule has 0 spiro atoms. The number of aromatic nitrogens is 4. The average molecular weight is 379 g/mol. The zero-order valence-electron chi connectivity index (χ0n) is 14.0. The fourth-order valence-corrected chi connectivity index (χ4v) is 2.98. The highest BCUT2D eigenvalue weighted by Gasteiger charge is 2.07. The number of hydrogen-bond donors (Lipinski definition) is 1. The van der Waals surface area contributed by atoms with Crippen molar-refractivity contribution in [1.29, 1.82) is 0 Å². The molecule has 27 heavy (non-hydrogen) atoms. The zero-order valence-corrected chi connectivity index (χ0v) is 14.9. The normalized spacial score (nSPS) is 10.6. The molecule has 0 unspecified atom stereocenters. The van der Waals surface area contributed by atoms with Crippen molar-refractivity contribution in [2.24, 2.45) is 0 Å². The number of pyridine rings is 2. The summed E-state index contributed by atoms with van der Waals surface area (Å²) in [4.78, 5) is 8.53. The Bertz CT molecular complexity index is 1010. The van der Waals surface area contributed by atoms with Crippen LogP contribution in [-0.2, 0) is 6.54 Å². The number of nitrogens with zero attached hydrogens (tertiary/aromatic N) is 4. The third-order valence-corrected chi connectivity index (χ3v) is 4.49. The van der Waals surface area contributed by atoms with Gasteiger partial charge < -0.3 is 10.1 Å². The van der Waals surface area contributed by atoms with Crippen molar-refractivity contribution in [2.45, 2.75) is 6.54 Å². The van der Waals surface area contributed by atoms with E-state index in [1.165, 1.54) is 23.5 Å². The van der Waals surface area contributed by atoms with E-state index in [4.69, 9.17) is 4.74 Å². The average Bonchev–Trinajstić information content (AvgIpc) is 3.19. The minimum absolute atomic E-state index is 0.306. The van der Waals surface area contributed by atoms with Crippen molar-refractivity contribution in [2.75, 3.05) is 5.32 Å². The number of hydrogen-bond acceptors (Lipinski definition) is 7. The summed E-state index contributed by atoms with van der Waals surface area (Å²) in [6.07, 6.45) is 3.44. The van der Waals surface area contributed by atoms with E-state index in [-0.39, 0.29) is 5.82 Å². The van der Waals surface area contributed by atoms with Gasteiger partial charge in [-0.25, -0.2) is 9.37 Å². The molecular weight excluding hydrogens is 365 g/mol. The minimum Gasteiger partial charge on any atom is -0.439 e. The van der Waals surface area contributed by atoms with Crippen LogP contribution >= 0.6 is 11.3 Å². The maximum atomic E-state index is 12.9. The predicted octanol–water partition coefficient (Wildman–Crippen LogP) is 4.54. The van der Waals surface area contributed by atoms with E-state index in [0.717, 1.165) is 16.3 Å². The van der Waals surface area contributed by atoms with Crippen LogP contribution in [0.5, 0.6) is 11.6 Å². The highest BCUT2D eigenvalue weighted by molar-refractivity contribution is 7.18. The summed E-state index contributed by atoms with van der Waals surface area (Å²) in [6.45, 7) is 0.556. The summed E-state index contributed by atoms with van der Waals surface area (Å²) in [7, 11) is 0. The van der Waals surface area contributed by atoms with Crippen LogP contribution in [0.3, 0.4) is 0 Å². The van der Waals surface area contributed by atoms with Crippen molar-refractivity contribution in [3.05, 3.63) is 78.4 Å². The van der Waals surface area contributed by atoms with E-state index in [1.54, 1.807) is 30.6 Å². The molecule has 8 heteroatoms. The first-order valence-corrected chi connectivity index (χ1v) is 8.95. The smallest absolute Gasteiger partial charge is 0.219 e. The predicted molar refractivity (Wildman–Crippen MR) is 101 cm³/mol. The molecule has 4 rings (SSSR count). The summed E-state index contributed by atoms with van der Waals surface area (Å²) < 4.78 is 18.5. The zero-order chi connectivity index (χ0) is 18.5. The number of anilines is 1. The molecule has 0 fully saturated rings. The Hall–Kier alpha value is -3.39. The SMILES string of the molecule is Fc1ccc(Oc2ccc(CNc3nnc(-c4ccccn4)s3)cn2)cc1. The van der Waals surface area contributed by atoms with Gasteiger partial charge in [0.05, 0.1) is 0 Å². The Morgan fingerprint density at radius 2 is 1.85 bits per heavy atom. The lowest BCUT2D eigenvalue weighted by atomic mass is 10.3. The van der Waals surface area contributed by atoms with Gasteiger partial charge in [-0.15, -0.1) is 10.2 Å². The lowest BCUT2D eigenvalue weighted by Gasteiger charge is -2.06. The summed E-state index contributed by atoms with van der Waals surface area (Å²) in [5.74, 6) is 0.670. The molecule has 6 nitrogen and oxygen atoms in total. The van der Waals surface area contributed by atoms with E-state index < -0.39 is 0 Å². The molecule has 0 bridgehead atoms. The van der Waals surface area contributed by atoms with Crippen LogP contribution in [0, 0.1) is 5.82 Å². The third-order valence-electron chi connectivity index (χ3n) is 3.59. The maximum absolute atomic E-state index is 12.9. The molecule has 0 saturated carbocycles. The van der Waals surface area contributed by atoms with E-state index in [9.17, 15) is 4.39 Å². The van der Waals surface area contributed by atoms with Gasteiger partial charge in [0.1, 0.15) is 17.3 Å². The van der Waals surface area contributed by atoms with Crippen molar-refractivity contribution < 1.29 is 9.13 Å². The third kappa shape index (κ3) is 4.42. The Morgan fingerprint density at radius 3 is 2.59 bits per heavy atom. The number of rotatable bonds is 6. The second-order valence-electron chi connectivity index (χ2n) is 5.54. The van der Waals surface area contributed by atoms with Gasteiger partial charge in [-0.2, -0.15) is 0 Å². The van der Waals surface area contributed by atoms with Crippen LogP contribution in [-0.4, -0.2) is 20.2 Å². The highest BCUT2D eigenvalue weighted by atomic mass is 32.1. The fraction of sp³-hybridized carbons (Fsp3) is 0.0526. The second kappa shape index (κ2) is 7.88. The molecule has 1 aromatic carbocycles. The Labute approximate surface area is 158 Å². The lowest BCUT2D eigenvalue weighted by molar-refractivity contribution is 0.461. The summed E-state index contributed by atoms with van der Waals surface area (Å²) in [5.41, 5.74) is 1.77. The highest BCUT2D eigenvalue weighted by Crippen LogP contribution is 2.25. The quantitative estimate of drug-likeness (QED) is 0.530. The Morgan fingerprint density at radius 1 is 0.963 bits per heavy atom. The Balaban J connectivity index is 1.35. The summed E-state index contributed by atoms with van der Waals surface area (Å²) >= 11 is 1.44. The molecule has 0 aliphatic rings. The molecule has 4 aromatic rings. The molecule has 0 atom stereocenters. The monoisotopic (exact) mass is 379 g/mol. The molecule has 0 aliphatic carbocycles. The molecule has 3 heterocycles. The molecule has 1 N–H and O–H groups in total. The molecule has 0 saturated heterocycles. The minimum atomic E-state index is -0.306. The van der Waals surface area contributed by atoms with Crippen LogP contribution < -0.4 is 10.1 Å². The van der Waals surface area contributed by atoms with E-state index >= 15 is 0 Å². The first-order valence-electron chi connectivity index (χ1n) is 8.13. The molecule has 0 aliphatic heterocycles. The van der Waals surface area contributed by atoms with E-state index in [0.29, 0.717) is 23.3 Å². The van der Waals surface area contributed by atoms with Gasteiger partial charge in [0.15, 0.2) is 5.01 Å². The van der Waals surface area contributed by atoms with Gasteiger partial charge in [-0.3, -0.25) is 4.98 Å². The number of halogens is 1. The van der Waals surface area contributed by atoms with Crippen molar-refractivity contribution in [3.63, 3.8) is 0 Å². The second-order valence-corrected chi connectivity index (χ2v) is 6.52. The first-order chi connectivity index (χ1) is 13.3. The van der Waals surface area contributed by atoms with Crippen LogP contribution in [0.2, 0.25) is 0 Å². The van der Waals surface area contributed by atoms with E-state index in [2.05, 4.69) is 25.5 Å². The van der Waals surface area contributed by atoms with Crippen molar-refractivity contribution in [3.8, 4) is 22.3 Å². The number of nitrogens with one attached hydrogen (secondary N) is 1. The van der Waals surface area contributed by atoms with Gasteiger partial charge in [0.25, 0.3) is 0 Å². The van der Waals surface area contributed by atoms with Crippen LogP contribution in [0.4, 0.5) is 9.52 Å². The molecule has 3 aromatic heterocycles. The van der Waals surface area contributed by atoms with Crippen molar-refractivity contribution >= 4 is 16.5 Å². The van der Waals surface area contributed by atoms with Gasteiger partial charge in [0.2, 0.25) is 11.0 Å². The first kappa shape index (κ1) is 17.0. The number of benzene rings is 1. The lowest BCUT2D eigenvalue weighted by Crippen LogP contribution is -1.99. The molecule has 0 amide bonds. The Kier molecular flexibility index (Phi) is 4.97. The van der Waals surface area contributed by atoms with Crippen LogP contribution in [0.1, 0.15) is 5.56 Å².